The van der Waals surface area contributed by atoms with Crippen molar-refractivity contribution >= 4 is 23.3 Å². The van der Waals surface area contributed by atoms with Crippen LogP contribution in [0.2, 0.25) is 0 Å². The second-order valence-corrected chi connectivity index (χ2v) is 5.14. The summed E-state index contributed by atoms with van der Waals surface area (Å²) in [6.07, 6.45) is -0.0710. The van der Waals surface area contributed by atoms with Gasteiger partial charge in [0.15, 0.2) is 11.5 Å². The van der Waals surface area contributed by atoms with Gasteiger partial charge in [-0.05, 0) is 36.2 Å². The number of aromatic carboxylic acids is 1. The minimum Gasteiger partial charge on any atom is -0.504 e. The third kappa shape index (κ3) is 3.73. The van der Waals surface area contributed by atoms with E-state index >= 15 is 0 Å². The van der Waals surface area contributed by atoms with Crippen molar-refractivity contribution in [3.8, 4) is 11.5 Å². The first kappa shape index (κ1) is 17.1. The van der Waals surface area contributed by atoms with Crippen LogP contribution in [0.15, 0.2) is 36.4 Å². The standard InChI is InChI=1S/C16H16N2O6/c17-10(16(23)24)5-8-6-12(14(20)13(19)7-8)18-11-4-2-1-3-9(11)15(21)22/h1-4,6-7,10,18-20H,5,17H2,(H,21,22)(H,23,24)/t10-/m0/s1. The highest BCUT2D eigenvalue weighted by Gasteiger charge is 2.17. The first-order valence-electron chi connectivity index (χ1n) is 6.92. The highest BCUT2D eigenvalue weighted by molar-refractivity contribution is 5.95. The van der Waals surface area contributed by atoms with Crippen LogP contribution in [0.25, 0.3) is 0 Å². The number of hydrogen-bond acceptors (Lipinski definition) is 6. The number of para-hydroxylation sites is 1. The lowest BCUT2D eigenvalue weighted by Crippen LogP contribution is -2.32. The van der Waals surface area contributed by atoms with Gasteiger partial charge in [-0.3, -0.25) is 4.79 Å². The predicted octanol–water partition coefficient (Wildman–Crippen LogP) is 1.49. The van der Waals surface area contributed by atoms with Crippen molar-refractivity contribution in [2.24, 2.45) is 5.73 Å². The summed E-state index contributed by atoms with van der Waals surface area (Å²) in [6.45, 7) is 0. The smallest absolute Gasteiger partial charge is 0.337 e. The first-order valence-corrected chi connectivity index (χ1v) is 6.92. The van der Waals surface area contributed by atoms with Crippen LogP contribution >= 0.6 is 0 Å². The van der Waals surface area contributed by atoms with E-state index in [1.54, 1.807) is 12.1 Å². The molecule has 0 aliphatic rings. The van der Waals surface area contributed by atoms with Gasteiger partial charge in [0.2, 0.25) is 0 Å². The number of rotatable bonds is 6. The van der Waals surface area contributed by atoms with Crippen molar-refractivity contribution in [2.75, 3.05) is 5.32 Å². The highest BCUT2D eigenvalue weighted by Crippen LogP contribution is 2.37. The van der Waals surface area contributed by atoms with E-state index in [9.17, 15) is 19.8 Å². The van der Waals surface area contributed by atoms with Gasteiger partial charge in [0.25, 0.3) is 0 Å². The van der Waals surface area contributed by atoms with Crippen LogP contribution in [0.3, 0.4) is 0 Å². The molecule has 0 bridgehead atoms. The van der Waals surface area contributed by atoms with E-state index in [2.05, 4.69) is 5.32 Å². The van der Waals surface area contributed by atoms with Crippen molar-refractivity contribution in [1.82, 2.24) is 0 Å². The van der Waals surface area contributed by atoms with Gasteiger partial charge in [0, 0.05) is 0 Å². The Morgan fingerprint density at radius 2 is 1.75 bits per heavy atom. The average molecular weight is 332 g/mol. The Hall–Kier alpha value is -3.26. The van der Waals surface area contributed by atoms with Crippen molar-refractivity contribution in [3.05, 3.63) is 47.5 Å². The van der Waals surface area contributed by atoms with Crippen molar-refractivity contribution in [2.45, 2.75) is 12.5 Å². The number of carboxylic acid groups (broad SMARTS) is 2. The molecule has 2 aromatic rings. The summed E-state index contributed by atoms with van der Waals surface area (Å²) in [4.78, 5) is 22.1. The van der Waals surface area contributed by atoms with Gasteiger partial charge in [-0.25, -0.2) is 4.79 Å². The summed E-state index contributed by atoms with van der Waals surface area (Å²) >= 11 is 0. The number of phenolic OH excluding ortho intramolecular Hbond substituents is 2. The lowest BCUT2D eigenvalue weighted by molar-refractivity contribution is -0.138. The second kappa shape index (κ2) is 6.88. The monoisotopic (exact) mass is 332 g/mol. The normalized spacial score (nSPS) is 11.7. The molecule has 0 spiro atoms. The van der Waals surface area contributed by atoms with Crippen LogP contribution in [0.5, 0.6) is 11.5 Å². The second-order valence-electron chi connectivity index (χ2n) is 5.14. The Morgan fingerprint density at radius 3 is 2.38 bits per heavy atom. The van der Waals surface area contributed by atoms with Gasteiger partial charge in [0.1, 0.15) is 6.04 Å². The molecule has 126 valence electrons. The number of hydrogen-bond donors (Lipinski definition) is 6. The highest BCUT2D eigenvalue weighted by atomic mass is 16.4. The Balaban J connectivity index is 2.38. The summed E-state index contributed by atoms with van der Waals surface area (Å²) in [6, 6.07) is 7.46. The van der Waals surface area contributed by atoms with E-state index in [0.29, 0.717) is 5.56 Å². The molecule has 8 heteroatoms. The molecule has 0 saturated heterocycles. The fraction of sp³-hybridized carbons (Fsp3) is 0.125. The van der Waals surface area contributed by atoms with Crippen LogP contribution in [0.4, 0.5) is 11.4 Å². The number of carbonyl (C=O) groups is 2. The lowest BCUT2D eigenvalue weighted by atomic mass is 10.0. The molecule has 0 amide bonds. The molecule has 0 fully saturated rings. The van der Waals surface area contributed by atoms with Crippen LogP contribution in [0.1, 0.15) is 15.9 Å². The zero-order chi connectivity index (χ0) is 17.9. The molecule has 0 radical (unpaired) electrons. The summed E-state index contributed by atoms with van der Waals surface area (Å²) in [5.41, 5.74) is 6.05. The summed E-state index contributed by atoms with van der Waals surface area (Å²) in [5.74, 6) is -3.32. The molecule has 0 aliphatic carbocycles. The fourth-order valence-corrected chi connectivity index (χ4v) is 2.16. The quantitative estimate of drug-likeness (QED) is 0.435. The summed E-state index contributed by atoms with van der Waals surface area (Å²) < 4.78 is 0. The van der Waals surface area contributed by atoms with E-state index in [1.165, 1.54) is 24.3 Å². The molecule has 0 heterocycles. The van der Waals surface area contributed by atoms with E-state index in [1.807, 2.05) is 0 Å². The third-order valence-electron chi connectivity index (χ3n) is 3.35. The van der Waals surface area contributed by atoms with Crippen molar-refractivity contribution in [1.29, 1.82) is 0 Å². The number of aromatic hydroxyl groups is 2. The maximum atomic E-state index is 11.2. The minimum atomic E-state index is -1.20. The van der Waals surface area contributed by atoms with E-state index in [0.717, 1.165) is 0 Å². The van der Waals surface area contributed by atoms with Crippen LogP contribution in [-0.2, 0) is 11.2 Å². The number of benzene rings is 2. The Kier molecular flexibility index (Phi) is 4.90. The van der Waals surface area contributed by atoms with Crippen LogP contribution in [-0.4, -0.2) is 38.4 Å². The van der Waals surface area contributed by atoms with Crippen LogP contribution < -0.4 is 11.1 Å². The maximum absolute atomic E-state index is 11.2. The number of nitrogens with one attached hydrogen (secondary N) is 1. The Bertz CT molecular complexity index is 790. The summed E-state index contributed by atoms with van der Waals surface area (Å²) in [7, 11) is 0. The first-order chi connectivity index (χ1) is 11.3. The zero-order valence-corrected chi connectivity index (χ0v) is 12.4. The molecule has 24 heavy (non-hydrogen) atoms. The molecule has 0 unspecified atom stereocenters. The largest absolute Gasteiger partial charge is 0.504 e. The van der Waals surface area contributed by atoms with Gasteiger partial charge < -0.3 is 31.5 Å². The molecule has 8 nitrogen and oxygen atoms in total. The molecule has 0 aliphatic heterocycles. The number of phenols is 2. The van der Waals surface area contributed by atoms with Gasteiger partial charge in [-0.15, -0.1) is 0 Å². The van der Waals surface area contributed by atoms with Crippen molar-refractivity contribution in [3.63, 3.8) is 0 Å². The molecule has 0 aromatic heterocycles. The number of nitrogens with two attached hydrogens (primary N) is 1. The molecular formula is C16H16N2O6. The maximum Gasteiger partial charge on any atom is 0.337 e. The molecule has 2 aromatic carbocycles. The van der Waals surface area contributed by atoms with Gasteiger partial charge in [-0.2, -0.15) is 0 Å². The van der Waals surface area contributed by atoms with E-state index in [-0.39, 0.29) is 23.4 Å². The molecular weight excluding hydrogens is 316 g/mol. The molecule has 7 N–H and O–H groups in total. The average Bonchev–Trinajstić information content (AvgIpc) is 2.52. The zero-order valence-electron chi connectivity index (χ0n) is 12.4. The van der Waals surface area contributed by atoms with Crippen molar-refractivity contribution < 1.29 is 30.0 Å². The number of aliphatic carboxylic acids is 1. The third-order valence-corrected chi connectivity index (χ3v) is 3.35. The van der Waals surface area contributed by atoms with E-state index in [4.69, 9.17) is 15.9 Å². The molecule has 1 atom stereocenters. The summed E-state index contributed by atoms with van der Waals surface area (Å²) in [5, 5.41) is 40.5. The molecule has 2 rings (SSSR count). The van der Waals surface area contributed by atoms with Gasteiger partial charge in [-0.1, -0.05) is 12.1 Å². The fourth-order valence-electron chi connectivity index (χ4n) is 2.16. The number of anilines is 2. The van der Waals surface area contributed by atoms with Gasteiger partial charge in [0.05, 0.1) is 16.9 Å². The Morgan fingerprint density at radius 1 is 1.08 bits per heavy atom. The number of carboxylic acids is 2. The predicted molar refractivity (Wildman–Crippen MR) is 85.8 cm³/mol. The SMILES string of the molecule is N[C@@H](Cc1cc(O)c(O)c(Nc2ccccc2C(=O)O)c1)C(=O)O. The lowest BCUT2D eigenvalue weighted by Gasteiger charge is -2.14. The molecule has 0 saturated carbocycles. The topological polar surface area (TPSA) is 153 Å². The minimum absolute atomic E-state index is 0.0240. The van der Waals surface area contributed by atoms with Gasteiger partial charge >= 0.3 is 11.9 Å². The van der Waals surface area contributed by atoms with E-state index < -0.39 is 29.5 Å². The van der Waals surface area contributed by atoms with Crippen LogP contribution in [0, 0.1) is 0 Å². The Labute approximate surface area is 136 Å².